The molecule has 1 N–H and O–H groups in total. The number of nitrogens with one attached hydrogen (secondary N) is 1. The highest BCUT2D eigenvalue weighted by Crippen LogP contribution is 2.20. The molecule has 1 aliphatic rings. The van der Waals surface area contributed by atoms with Gasteiger partial charge in [-0.2, -0.15) is 0 Å². The molecular weight excluding hydrogens is 360 g/mol. The number of piperidine rings is 1. The van der Waals surface area contributed by atoms with E-state index >= 15 is 0 Å². The molecule has 1 fully saturated rings. The standard InChI is InChI=1S/C20H24N4O4/c1-15-5-2-9-19(21-15)22-20(25)16-6-4-10-23(14-16)11-12-28-18-8-3-7-17(13-18)24(26)27/h2-3,5,7-9,13,16H,4,6,10-12,14H2,1H3,(H,21,22,25). The predicted octanol–water partition coefficient (Wildman–Crippen LogP) is 3.03. The normalized spacial score (nSPS) is 17.1. The van der Waals surface area contributed by atoms with Crippen molar-refractivity contribution in [3.05, 3.63) is 58.3 Å². The highest BCUT2D eigenvalue weighted by Gasteiger charge is 2.26. The zero-order valence-corrected chi connectivity index (χ0v) is 15.8. The van der Waals surface area contributed by atoms with Crippen molar-refractivity contribution in [2.45, 2.75) is 19.8 Å². The molecule has 8 nitrogen and oxygen atoms in total. The first kappa shape index (κ1) is 19.8. The molecule has 148 valence electrons. The summed E-state index contributed by atoms with van der Waals surface area (Å²) in [4.78, 5) is 29.4. The van der Waals surface area contributed by atoms with Crippen molar-refractivity contribution in [2.75, 3.05) is 31.6 Å². The highest BCUT2D eigenvalue weighted by atomic mass is 16.6. The summed E-state index contributed by atoms with van der Waals surface area (Å²) in [5, 5.41) is 13.7. The van der Waals surface area contributed by atoms with Crippen LogP contribution in [0.25, 0.3) is 0 Å². The molecule has 0 spiro atoms. The summed E-state index contributed by atoms with van der Waals surface area (Å²) in [5.41, 5.74) is 0.873. The molecule has 8 heteroatoms. The summed E-state index contributed by atoms with van der Waals surface area (Å²) < 4.78 is 5.65. The number of pyridine rings is 1. The van der Waals surface area contributed by atoms with Crippen LogP contribution >= 0.6 is 0 Å². The van der Waals surface area contributed by atoms with E-state index in [1.165, 1.54) is 12.1 Å². The molecule has 1 aromatic carbocycles. The van der Waals surface area contributed by atoms with Crippen LogP contribution in [0.2, 0.25) is 0 Å². The van der Waals surface area contributed by atoms with Crippen molar-refractivity contribution in [1.29, 1.82) is 0 Å². The number of nitrogens with zero attached hydrogens (tertiary/aromatic N) is 3. The summed E-state index contributed by atoms with van der Waals surface area (Å²) in [7, 11) is 0. The Morgan fingerprint density at radius 2 is 2.18 bits per heavy atom. The molecule has 2 heterocycles. The maximum Gasteiger partial charge on any atom is 0.273 e. The van der Waals surface area contributed by atoms with Crippen LogP contribution in [0.1, 0.15) is 18.5 Å². The summed E-state index contributed by atoms with van der Waals surface area (Å²) >= 11 is 0. The lowest BCUT2D eigenvalue weighted by Crippen LogP contribution is -2.42. The van der Waals surface area contributed by atoms with Crippen LogP contribution in [0.5, 0.6) is 5.75 Å². The van der Waals surface area contributed by atoms with E-state index in [9.17, 15) is 14.9 Å². The first-order valence-corrected chi connectivity index (χ1v) is 9.35. The maximum atomic E-state index is 12.5. The van der Waals surface area contributed by atoms with Gasteiger partial charge in [0.25, 0.3) is 5.69 Å². The molecule has 1 unspecified atom stereocenters. The predicted molar refractivity (Wildman–Crippen MR) is 105 cm³/mol. The van der Waals surface area contributed by atoms with Crippen molar-refractivity contribution in [1.82, 2.24) is 9.88 Å². The molecule has 1 atom stereocenters. The number of nitro groups is 1. The van der Waals surface area contributed by atoms with E-state index in [1.807, 2.05) is 19.1 Å². The number of hydrogen-bond donors (Lipinski definition) is 1. The third kappa shape index (κ3) is 5.50. The van der Waals surface area contributed by atoms with E-state index in [1.54, 1.807) is 18.2 Å². The molecular formula is C20H24N4O4. The average Bonchev–Trinajstić information content (AvgIpc) is 2.68. The molecule has 0 radical (unpaired) electrons. The fourth-order valence-electron chi connectivity index (χ4n) is 3.29. The first-order valence-electron chi connectivity index (χ1n) is 9.35. The van der Waals surface area contributed by atoms with E-state index < -0.39 is 4.92 Å². The fourth-order valence-corrected chi connectivity index (χ4v) is 3.29. The van der Waals surface area contributed by atoms with Crippen LogP contribution in [0.15, 0.2) is 42.5 Å². The lowest BCUT2D eigenvalue weighted by atomic mass is 9.97. The molecule has 0 bridgehead atoms. The average molecular weight is 384 g/mol. The number of carbonyl (C=O) groups excluding carboxylic acids is 1. The van der Waals surface area contributed by atoms with Crippen LogP contribution < -0.4 is 10.1 Å². The number of non-ortho nitro benzene ring substituents is 1. The van der Waals surface area contributed by atoms with E-state index in [0.29, 0.717) is 31.3 Å². The van der Waals surface area contributed by atoms with Gasteiger partial charge in [0.2, 0.25) is 5.91 Å². The van der Waals surface area contributed by atoms with Gasteiger partial charge in [-0.3, -0.25) is 19.8 Å². The number of amides is 1. The minimum atomic E-state index is -0.441. The number of carbonyl (C=O) groups is 1. The number of aryl methyl sites for hydroxylation is 1. The number of rotatable bonds is 7. The van der Waals surface area contributed by atoms with Gasteiger partial charge < -0.3 is 10.1 Å². The van der Waals surface area contributed by atoms with Crippen LogP contribution in [-0.2, 0) is 4.79 Å². The Bertz CT molecular complexity index is 842. The number of anilines is 1. The van der Waals surface area contributed by atoms with Crippen molar-refractivity contribution in [3.63, 3.8) is 0 Å². The minimum absolute atomic E-state index is 0.0111. The monoisotopic (exact) mass is 384 g/mol. The fraction of sp³-hybridized carbons (Fsp3) is 0.400. The smallest absolute Gasteiger partial charge is 0.273 e. The molecule has 3 rings (SSSR count). The van der Waals surface area contributed by atoms with Crippen LogP contribution in [0, 0.1) is 23.0 Å². The van der Waals surface area contributed by atoms with Gasteiger partial charge in [-0.1, -0.05) is 12.1 Å². The van der Waals surface area contributed by atoms with Gasteiger partial charge in [0, 0.05) is 24.8 Å². The van der Waals surface area contributed by atoms with Crippen molar-refractivity contribution >= 4 is 17.4 Å². The summed E-state index contributed by atoms with van der Waals surface area (Å²) in [6, 6.07) is 11.7. The number of aromatic nitrogens is 1. The maximum absolute atomic E-state index is 12.5. The Balaban J connectivity index is 1.47. The van der Waals surface area contributed by atoms with E-state index in [4.69, 9.17) is 4.74 Å². The summed E-state index contributed by atoms with van der Waals surface area (Å²) in [5.74, 6) is 0.957. The topological polar surface area (TPSA) is 97.6 Å². The van der Waals surface area contributed by atoms with E-state index in [0.717, 1.165) is 25.1 Å². The number of ether oxygens (including phenoxy) is 1. The zero-order valence-electron chi connectivity index (χ0n) is 15.8. The third-order valence-electron chi connectivity index (χ3n) is 4.72. The van der Waals surface area contributed by atoms with Crippen molar-refractivity contribution < 1.29 is 14.5 Å². The summed E-state index contributed by atoms with van der Waals surface area (Å²) in [6.07, 6.45) is 1.79. The quantitative estimate of drug-likeness (QED) is 0.582. The first-order chi connectivity index (χ1) is 13.5. The van der Waals surface area contributed by atoms with Crippen LogP contribution in [-0.4, -0.2) is 47.0 Å². The molecule has 28 heavy (non-hydrogen) atoms. The Morgan fingerprint density at radius 1 is 1.36 bits per heavy atom. The SMILES string of the molecule is Cc1cccc(NC(=O)C2CCCN(CCOc3cccc([N+](=O)[O-])c3)C2)n1. The van der Waals surface area contributed by atoms with Gasteiger partial charge in [-0.05, 0) is 44.5 Å². The lowest BCUT2D eigenvalue weighted by molar-refractivity contribution is -0.384. The molecule has 1 amide bonds. The second kappa shape index (κ2) is 9.27. The van der Waals surface area contributed by atoms with E-state index in [2.05, 4.69) is 15.2 Å². The number of nitro benzene ring substituents is 1. The Kier molecular flexibility index (Phi) is 6.54. The Hall–Kier alpha value is -3.00. The largest absolute Gasteiger partial charge is 0.492 e. The summed E-state index contributed by atoms with van der Waals surface area (Å²) in [6.45, 7) is 4.53. The molecule has 1 saturated heterocycles. The minimum Gasteiger partial charge on any atom is -0.492 e. The number of hydrogen-bond acceptors (Lipinski definition) is 6. The second-order valence-electron chi connectivity index (χ2n) is 6.90. The van der Waals surface area contributed by atoms with Gasteiger partial charge in [-0.25, -0.2) is 4.98 Å². The zero-order chi connectivity index (χ0) is 19.9. The highest BCUT2D eigenvalue weighted by molar-refractivity contribution is 5.91. The van der Waals surface area contributed by atoms with Gasteiger partial charge in [0.1, 0.15) is 18.2 Å². The van der Waals surface area contributed by atoms with Crippen LogP contribution in [0.3, 0.4) is 0 Å². The van der Waals surface area contributed by atoms with E-state index in [-0.39, 0.29) is 17.5 Å². The Labute approximate surface area is 163 Å². The molecule has 2 aromatic rings. The van der Waals surface area contributed by atoms with Crippen molar-refractivity contribution in [3.8, 4) is 5.75 Å². The van der Waals surface area contributed by atoms with Gasteiger partial charge in [0.15, 0.2) is 0 Å². The van der Waals surface area contributed by atoms with Gasteiger partial charge in [-0.15, -0.1) is 0 Å². The molecule has 0 saturated carbocycles. The van der Waals surface area contributed by atoms with Crippen molar-refractivity contribution in [2.24, 2.45) is 5.92 Å². The second-order valence-corrected chi connectivity index (χ2v) is 6.90. The van der Waals surface area contributed by atoms with Crippen LogP contribution in [0.4, 0.5) is 11.5 Å². The van der Waals surface area contributed by atoms with Gasteiger partial charge >= 0.3 is 0 Å². The number of likely N-dealkylation sites (tertiary alicyclic amines) is 1. The molecule has 1 aromatic heterocycles. The molecule has 1 aliphatic heterocycles. The lowest BCUT2D eigenvalue weighted by Gasteiger charge is -2.31. The Morgan fingerprint density at radius 3 is 2.96 bits per heavy atom. The van der Waals surface area contributed by atoms with Gasteiger partial charge in [0.05, 0.1) is 16.9 Å². The third-order valence-corrected chi connectivity index (χ3v) is 4.72. The number of benzene rings is 1. The molecule has 0 aliphatic carbocycles.